The first-order valence-corrected chi connectivity index (χ1v) is 12.1. The molecule has 7 nitrogen and oxygen atoms in total. The van der Waals surface area contributed by atoms with Crippen molar-refractivity contribution in [2.45, 2.75) is 43.8 Å². The van der Waals surface area contributed by atoms with E-state index in [-0.39, 0.29) is 33.7 Å². The summed E-state index contributed by atoms with van der Waals surface area (Å²) < 4.78 is 62.0. The number of amides is 1. The molecule has 0 saturated carbocycles. The van der Waals surface area contributed by atoms with Crippen molar-refractivity contribution in [1.82, 2.24) is 10.3 Å². The molecule has 32 heavy (non-hydrogen) atoms. The molecule has 2 aromatic rings. The number of alkyl halides is 3. The van der Waals surface area contributed by atoms with Crippen molar-refractivity contribution in [2.24, 2.45) is 10.7 Å². The van der Waals surface area contributed by atoms with Crippen molar-refractivity contribution in [3.05, 3.63) is 50.4 Å². The first kappa shape index (κ1) is 24.5. The minimum Gasteiger partial charge on any atom is -0.386 e. The molecular weight excluding hydrogens is 489 g/mol. The first-order valence-electron chi connectivity index (χ1n) is 9.25. The molecule has 0 saturated heterocycles. The predicted octanol–water partition coefficient (Wildman–Crippen LogP) is 3.52. The van der Waals surface area contributed by atoms with Crippen LogP contribution in [-0.2, 0) is 28.1 Å². The third-order valence-electron chi connectivity index (χ3n) is 5.21. The summed E-state index contributed by atoms with van der Waals surface area (Å²) >= 11 is 7.28. The number of rotatable bonds is 4. The number of sulfone groups is 1. The van der Waals surface area contributed by atoms with E-state index in [0.29, 0.717) is 11.1 Å². The fourth-order valence-corrected chi connectivity index (χ4v) is 6.38. The molecule has 1 amide bonds. The number of pyridine rings is 1. The number of halogens is 4. The molecular formula is C19H20ClF3N4O3S2. The Labute approximate surface area is 191 Å². The minimum absolute atomic E-state index is 0.0462. The van der Waals surface area contributed by atoms with E-state index < -0.39 is 37.8 Å². The highest BCUT2D eigenvalue weighted by molar-refractivity contribution is 7.93. The second-order valence-electron chi connectivity index (χ2n) is 8.05. The summed E-state index contributed by atoms with van der Waals surface area (Å²) in [6.07, 6.45) is -3.81. The molecule has 3 N–H and O–H groups in total. The Kier molecular flexibility index (Phi) is 6.11. The molecule has 1 aliphatic heterocycles. The number of thiophene rings is 1. The van der Waals surface area contributed by atoms with Gasteiger partial charge in [0.05, 0.1) is 38.3 Å². The van der Waals surface area contributed by atoms with E-state index in [4.69, 9.17) is 17.3 Å². The normalized spacial score (nSPS) is 22.3. The van der Waals surface area contributed by atoms with E-state index in [2.05, 4.69) is 15.3 Å². The predicted molar refractivity (Wildman–Crippen MR) is 117 cm³/mol. The molecule has 0 radical (unpaired) electrons. The molecule has 0 spiro atoms. The van der Waals surface area contributed by atoms with Gasteiger partial charge in [-0.25, -0.2) is 8.42 Å². The van der Waals surface area contributed by atoms with Gasteiger partial charge in [-0.1, -0.05) is 11.6 Å². The number of amidine groups is 1. The van der Waals surface area contributed by atoms with Gasteiger partial charge in [0, 0.05) is 6.20 Å². The summed E-state index contributed by atoms with van der Waals surface area (Å²) in [5.74, 6) is -0.913. The smallest absolute Gasteiger partial charge is 0.386 e. The Balaban J connectivity index is 1.79. The van der Waals surface area contributed by atoms with E-state index in [0.717, 1.165) is 17.4 Å². The van der Waals surface area contributed by atoms with E-state index in [9.17, 15) is 26.4 Å². The summed E-state index contributed by atoms with van der Waals surface area (Å²) in [6, 6.07) is 3.44. The van der Waals surface area contributed by atoms with Gasteiger partial charge in [0.15, 0.2) is 9.84 Å². The number of hydrogen-bond acceptors (Lipinski definition) is 7. The average Bonchev–Trinajstić information content (AvgIpc) is 3.07. The van der Waals surface area contributed by atoms with Crippen LogP contribution < -0.4 is 11.1 Å². The lowest BCUT2D eigenvalue weighted by Crippen LogP contribution is -2.54. The van der Waals surface area contributed by atoms with Crippen LogP contribution in [0.3, 0.4) is 0 Å². The van der Waals surface area contributed by atoms with Gasteiger partial charge in [-0.2, -0.15) is 13.2 Å². The number of hydrogen-bond donors (Lipinski definition) is 2. The maximum absolute atomic E-state index is 12.7. The van der Waals surface area contributed by atoms with Crippen LogP contribution in [0, 0.1) is 0 Å². The Bertz CT molecular complexity index is 1190. The van der Waals surface area contributed by atoms with Gasteiger partial charge < -0.3 is 11.1 Å². The monoisotopic (exact) mass is 508 g/mol. The van der Waals surface area contributed by atoms with Gasteiger partial charge >= 0.3 is 6.18 Å². The van der Waals surface area contributed by atoms with Gasteiger partial charge in [0.2, 0.25) is 0 Å². The number of carbonyl (C=O) groups excluding carboxylic acids is 1. The Morgan fingerprint density at radius 1 is 1.31 bits per heavy atom. The van der Waals surface area contributed by atoms with E-state index in [1.54, 1.807) is 6.92 Å². The Morgan fingerprint density at radius 2 is 1.97 bits per heavy atom. The molecule has 174 valence electrons. The zero-order chi connectivity index (χ0) is 24.1. The topological polar surface area (TPSA) is 115 Å². The number of nitrogens with two attached hydrogens (primary N) is 1. The number of carbonyl (C=O) groups is 1. The lowest BCUT2D eigenvalue weighted by atomic mass is 10.0. The van der Waals surface area contributed by atoms with Gasteiger partial charge in [-0.3, -0.25) is 14.8 Å². The highest BCUT2D eigenvalue weighted by atomic mass is 35.5. The Morgan fingerprint density at radius 3 is 2.50 bits per heavy atom. The largest absolute Gasteiger partial charge is 0.417 e. The lowest BCUT2D eigenvalue weighted by molar-refractivity contribution is -0.137. The summed E-state index contributed by atoms with van der Waals surface area (Å²) in [5.41, 5.74) is 4.03. The molecule has 0 aromatic carbocycles. The molecule has 3 heterocycles. The van der Waals surface area contributed by atoms with E-state index >= 15 is 0 Å². The molecule has 0 aliphatic carbocycles. The maximum Gasteiger partial charge on any atom is 0.417 e. The summed E-state index contributed by atoms with van der Waals surface area (Å²) in [5, 5.41) is 2.73. The third kappa shape index (κ3) is 4.48. The average molecular weight is 509 g/mol. The molecule has 13 heteroatoms. The van der Waals surface area contributed by atoms with Crippen LogP contribution in [0.2, 0.25) is 5.02 Å². The molecule has 0 bridgehead atoms. The van der Waals surface area contributed by atoms with E-state index in [1.165, 1.54) is 26.0 Å². The van der Waals surface area contributed by atoms with Crippen molar-refractivity contribution in [2.75, 3.05) is 5.75 Å². The van der Waals surface area contributed by atoms with Gasteiger partial charge in [0.1, 0.15) is 16.1 Å². The fraction of sp³-hybridized carbons (Fsp3) is 0.421. The standard InChI is InChI=1S/C19H20ClF3N4O3S2/c1-17(2)16(24)27-18(3,9-32(17,29)30)14-12(20)6-13(31-14)15(28)26-8-11-5-4-10(7-25-11)19(21,22)23/h4-7H,8-9H2,1-3H3,(H2,24,27)(H,26,28)/t18-/m0/s1. The second-order valence-corrected chi connectivity index (χ2v) is 12.0. The van der Waals surface area contributed by atoms with Crippen molar-refractivity contribution < 1.29 is 26.4 Å². The lowest BCUT2D eigenvalue weighted by Gasteiger charge is -2.37. The third-order valence-corrected chi connectivity index (χ3v) is 9.72. The maximum atomic E-state index is 12.7. The summed E-state index contributed by atoms with van der Waals surface area (Å²) in [4.78, 5) is 21.2. The van der Waals surface area contributed by atoms with Crippen LogP contribution >= 0.6 is 22.9 Å². The molecule has 0 fully saturated rings. The molecule has 0 unspecified atom stereocenters. The summed E-state index contributed by atoms with van der Waals surface area (Å²) in [7, 11) is -3.65. The van der Waals surface area contributed by atoms with Crippen LogP contribution in [0.1, 0.15) is 46.6 Å². The van der Waals surface area contributed by atoms with Crippen LogP contribution in [0.25, 0.3) is 0 Å². The number of aromatic nitrogens is 1. The zero-order valence-corrected chi connectivity index (χ0v) is 19.6. The quantitative estimate of drug-likeness (QED) is 0.655. The van der Waals surface area contributed by atoms with Crippen LogP contribution in [0.5, 0.6) is 0 Å². The highest BCUT2D eigenvalue weighted by Crippen LogP contribution is 2.43. The van der Waals surface area contributed by atoms with Crippen molar-refractivity contribution in [3.8, 4) is 0 Å². The number of nitrogens with zero attached hydrogens (tertiary/aromatic N) is 2. The number of nitrogens with one attached hydrogen (secondary N) is 1. The number of aliphatic imine (C=N–C) groups is 1. The summed E-state index contributed by atoms with van der Waals surface area (Å²) in [6.45, 7) is 4.43. The molecule has 2 aromatic heterocycles. The molecule has 1 atom stereocenters. The fourth-order valence-electron chi connectivity index (χ4n) is 3.06. The molecule has 3 rings (SSSR count). The van der Waals surface area contributed by atoms with Crippen LogP contribution in [-0.4, -0.2) is 35.6 Å². The van der Waals surface area contributed by atoms with Crippen molar-refractivity contribution in [1.29, 1.82) is 0 Å². The van der Waals surface area contributed by atoms with Crippen LogP contribution in [0.15, 0.2) is 29.4 Å². The van der Waals surface area contributed by atoms with Gasteiger partial charge in [-0.15, -0.1) is 11.3 Å². The zero-order valence-electron chi connectivity index (χ0n) is 17.2. The minimum atomic E-state index is -4.50. The van der Waals surface area contributed by atoms with Crippen LogP contribution in [0.4, 0.5) is 13.2 Å². The van der Waals surface area contributed by atoms with Gasteiger partial charge in [-0.05, 0) is 39.0 Å². The Hall–Kier alpha value is -2.18. The molecule has 1 aliphatic rings. The van der Waals surface area contributed by atoms with Gasteiger partial charge in [0.25, 0.3) is 5.91 Å². The highest BCUT2D eigenvalue weighted by Gasteiger charge is 2.50. The van der Waals surface area contributed by atoms with Crippen molar-refractivity contribution >= 4 is 44.5 Å². The second kappa shape index (κ2) is 7.99. The SMILES string of the molecule is CC1(C)C(N)=N[C@](C)(c2sc(C(=O)NCc3ccc(C(F)(F)F)cn3)cc2Cl)CS1(=O)=O. The van der Waals surface area contributed by atoms with E-state index in [1.807, 2.05) is 0 Å². The first-order chi connectivity index (χ1) is 14.6. The van der Waals surface area contributed by atoms with Crippen molar-refractivity contribution in [3.63, 3.8) is 0 Å².